The maximum atomic E-state index is 13.2. The Morgan fingerprint density at radius 2 is 1.89 bits per heavy atom. The first-order valence-corrected chi connectivity index (χ1v) is 13.7. The number of nitrogens with zero attached hydrogens (tertiary/aromatic N) is 3. The second kappa shape index (κ2) is 9.28. The van der Waals surface area contributed by atoms with Crippen molar-refractivity contribution in [3.05, 3.63) is 58.7 Å². The molecule has 1 aliphatic carbocycles. The van der Waals surface area contributed by atoms with Gasteiger partial charge in [0.25, 0.3) is 0 Å². The van der Waals surface area contributed by atoms with E-state index in [9.17, 15) is 31.2 Å². The lowest BCUT2D eigenvalue weighted by Crippen LogP contribution is -2.41. The van der Waals surface area contributed by atoms with E-state index in [0.717, 1.165) is 12.6 Å². The quantitative estimate of drug-likeness (QED) is 0.505. The first-order chi connectivity index (χ1) is 17.8. The van der Waals surface area contributed by atoms with Gasteiger partial charge in [0.05, 0.1) is 21.5 Å². The molecule has 0 radical (unpaired) electrons. The van der Waals surface area contributed by atoms with Crippen LogP contribution in [0.4, 0.5) is 18.9 Å². The lowest BCUT2D eigenvalue weighted by atomic mass is 10.1. The van der Waals surface area contributed by atoms with Crippen LogP contribution in [0.25, 0.3) is 10.9 Å². The summed E-state index contributed by atoms with van der Waals surface area (Å²) in [5, 5.41) is 1.21. The van der Waals surface area contributed by atoms with Crippen molar-refractivity contribution >= 4 is 50.0 Å². The lowest BCUT2D eigenvalue weighted by Gasteiger charge is -2.26. The third-order valence-corrected chi connectivity index (χ3v) is 9.01. The summed E-state index contributed by atoms with van der Waals surface area (Å²) < 4.78 is 69.1. The molecule has 1 N–H and O–H groups in total. The summed E-state index contributed by atoms with van der Waals surface area (Å²) >= 11 is 6.17. The number of hydrogen-bond donors (Lipinski definition) is 1. The van der Waals surface area contributed by atoms with Crippen molar-refractivity contribution < 1.29 is 31.2 Å². The van der Waals surface area contributed by atoms with Crippen LogP contribution in [0.3, 0.4) is 0 Å². The molecule has 1 aromatic heterocycles. The van der Waals surface area contributed by atoms with E-state index in [1.165, 1.54) is 17.0 Å². The van der Waals surface area contributed by atoms with Crippen LogP contribution in [0, 0.1) is 0 Å². The number of alkyl halides is 3. The Hall–Kier alpha value is -3.09. The molecule has 202 valence electrons. The number of fused-ring (bicyclic) bond motifs is 2. The molecule has 2 aliphatic rings. The maximum absolute atomic E-state index is 13.2. The minimum atomic E-state index is -4.96. The molecule has 0 bridgehead atoms. The molecule has 1 fully saturated rings. The van der Waals surface area contributed by atoms with Gasteiger partial charge in [0, 0.05) is 37.9 Å². The first-order valence-electron chi connectivity index (χ1n) is 11.8. The molecule has 3 aromatic rings. The number of sulfonamides is 1. The summed E-state index contributed by atoms with van der Waals surface area (Å²) in [6.45, 7) is 0.271. The molecule has 1 aliphatic heterocycles. The molecule has 2 aromatic carbocycles. The molecule has 8 nitrogen and oxygen atoms in total. The van der Waals surface area contributed by atoms with Crippen LogP contribution in [0.2, 0.25) is 5.02 Å². The number of hydrogen-bond acceptors (Lipinski definition) is 4. The van der Waals surface area contributed by atoms with Crippen molar-refractivity contribution in [2.45, 2.75) is 42.4 Å². The number of amides is 2. The fraction of sp³-hybridized carbons (Fsp3) is 0.360. The fourth-order valence-corrected chi connectivity index (χ4v) is 6.83. The Balaban J connectivity index is 1.32. The molecule has 2 atom stereocenters. The minimum Gasteiger partial charge on any atom is -0.349 e. The van der Waals surface area contributed by atoms with Crippen LogP contribution < -0.4 is 9.62 Å². The van der Waals surface area contributed by atoms with E-state index < -0.39 is 40.1 Å². The van der Waals surface area contributed by atoms with Gasteiger partial charge >= 0.3 is 12.1 Å². The van der Waals surface area contributed by atoms with E-state index in [1.807, 2.05) is 0 Å². The van der Waals surface area contributed by atoms with Gasteiger partial charge in [0.15, 0.2) is 0 Å². The fourth-order valence-electron chi connectivity index (χ4n) is 5.28. The number of rotatable bonds is 5. The standard InChI is InChI=1S/C25H24ClF3N4O4S/c1-31-13-19(26)18-7-5-16(12-22(18)31)38(36,37)30-20-9-10-33(23(20)34)15-4-6-17-14(11-15)3-8-21(17)32(2)24(35)25(27,28)29/h4-7,11-13,20-21,30H,3,8-10H2,1-2H3/t20-,21?/m0/s1. The predicted octanol–water partition coefficient (Wildman–Crippen LogP) is 3.92. The Kier molecular flexibility index (Phi) is 6.48. The average Bonchev–Trinajstić information content (AvgIpc) is 3.52. The Morgan fingerprint density at radius 3 is 2.61 bits per heavy atom. The van der Waals surface area contributed by atoms with Crippen LogP contribution in [0.1, 0.15) is 30.0 Å². The molecule has 38 heavy (non-hydrogen) atoms. The van der Waals surface area contributed by atoms with Crippen LogP contribution in [0.5, 0.6) is 0 Å². The highest BCUT2D eigenvalue weighted by atomic mass is 35.5. The lowest BCUT2D eigenvalue weighted by molar-refractivity contribution is -0.186. The summed E-state index contributed by atoms with van der Waals surface area (Å²) in [7, 11) is -1.13. The molecular formula is C25H24ClF3N4O4S. The van der Waals surface area contributed by atoms with Gasteiger partial charge in [-0.25, -0.2) is 8.42 Å². The number of halogens is 4. The van der Waals surface area contributed by atoms with Gasteiger partial charge in [-0.05, 0) is 60.7 Å². The monoisotopic (exact) mass is 568 g/mol. The van der Waals surface area contributed by atoms with E-state index in [-0.39, 0.29) is 17.9 Å². The van der Waals surface area contributed by atoms with E-state index in [2.05, 4.69) is 4.72 Å². The van der Waals surface area contributed by atoms with Gasteiger partial charge in [-0.2, -0.15) is 17.9 Å². The van der Waals surface area contributed by atoms with Gasteiger partial charge in [-0.15, -0.1) is 0 Å². The topological polar surface area (TPSA) is 91.7 Å². The van der Waals surface area contributed by atoms with Gasteiger partial charge in [0.2, 0.25) is 15.9 Å². The molecule has 2 heterocycles. The number of carbonyl (C=O) groups is 2. The number of carbonyl (C=O) groups excluding carboxylic acids is 2. The smallest absolute Gasteiger partial charge is 0.349 e. The Bertz CT molecular complexity index is 1570. The maximum Gasteiger partial charge on any atom is 0.471 e. The zero-order chi connectivity index (χ0) is 27.6. The molecule has 1 saturated heterocycles. The zero-order valence-corrected chi connectivity index (χ0v) is 22.0. The first kappa shape index (κ1) is 26.5. The average molecular weight is 569 g/mol. The highest BCUT2D eigenvalue weighted by Crippen LogP contribution is 2.39. The van der Waals surface area contributed by atoms with Crippen LogP contribution >= 0.6 is 11.6 Å². The second-order valence-electron chi connectivity index (χ2n) is 9.57. The molecule has 13 heteroatoms. The van der Waals surface area contributed by atoms with Gasteiger partial charge in [-0.1, -0.05) is 17.7 Å². The summed E-state index contributed by atoms with van der Waals surface area (Å²) in [5.74, 6) is -2.32. The van der Waals surface area contributed by atoms with E-state index >= 15 is 0 Å². The number of aromatic nitrogens is 1. The van der Waals surface area contributed by atoms with Gasteiger partial charge < -0.3 is 14.4 Å². The number of aryl methyl sites for hydroxylation is 2. The van der Waals surface area contributed by atoms with Crippen molar-refractivity contribution in [1.82, 2.24) is 14.2 Å². The van der Waals surface area contributed by atoms with Crippen LogP contribution in [0.15, 0.2) is 47.5 Å². The van der Waals surface area contributed by atoms with Crippen LogP contribution in [-0.4, -0.2) is 55.5 Å². The summed E-state index contributed by atoms with van der Waals surface area (Å²) in [6, 6.07) is 7.85. The molecule has 0 spiro atoms. The van der Waals surface area contributed by atoms with Crippen molar-refractivity contribution in [3.63, 3.8) is 0 Å². The van der Waals surface area contributed by atoms with Crippen molar-refractivity contribution in [3.8, 4) is 0 Å². The van der Waals surface area contributed by atoms with Crippen molar-refractivity contribution in [2.75, 3.05) is 18.5 Å². The minimum absolute atomic E-state index is 0.00946. The van der Waals surface area contributed by atoms with Gasteiger partial charge in [-0.3, -0.25) is 9.59 Å². The predicted molar refractivity (Wildman–Crippen MR) is 135 cm³/mol. The van der Waals surface area contributed by atoms with Crippen molar-refractivity contribution in [2.24, 2.45) is 7.05 Å². The SMILES string of the molecule is CN(C(=O)C(F)(F)F)C1CCc2cc(N3CC[C@H](NS(=O)(=O)c4ccc5c(Cl)cn(C)c5c4)C3=O)ccc21. The second-order valence-corrected chi connectivity index (χ2v) is 11.7. The summed E-state index contributed by atoms with van der Waals surface area (Å²) in [6.07, 6.45) is -2.24. The molecule has 2 amide bonds. The summed E-state index contributed by atoms with van der Waals surface area (Å²) in [5.41, 5.74) is 2.52. The highest BCUT2D eigenvalue weighted by molar-refractivity contribution is 7.89. The Morgan fingerprint density at radius 1 is 1.16 bits per heavy atom. The zero-order valence-electron chi connectivity index (χ0n) is 20.4. The van der Waals surface area contributed by atoms with E-state index in [0.29, 0.717) is 44.9 Å². The van der Waals surface area contributed by atoms with E-state index in [1.54, 1.807) is 42.1 Å². The molecular weight excluding hydrogens is 545 g/mol. The normalized spacial score (nSPS) is 19.8. The highest BCUT2D eigenvalue weighted by Gasteiger charge is 2.44. The molecule has 0 saturated carbocycles. The molecule has 5 rings (SSSR count). The van der Waals surface area contributed by atoms with Crippen molar-refractivity contribution in [1.29, 1.82) is 0 Å². The number of anilines is 1. The number of benzene rings is 2. The molecule has 1 unspecified atom stereocenters. The third-order valence-electron chi connectivity index (χ3n) is 7.24. The van der Waals surface area contributed by atoms with E-state index in [4.69, 9.17) is 11.6 Å². The van der Waals surface area contributed by atoms with Gasteiger partial charge in [0.1, 0.15) is 6.04 Å². The Labute approximate surface area is 222 Å². The largest absolute Gasteiger partial charge is 0.471 e. The third kappa shape index (κ3) is 4.54. The number of nitrogens with one attached hydrogen (secondary N) is 1. The summed E-state index contributed by atoms with van der Waals surface area (Å²) in [4.78, 5) is 27.0. The van der Waals surface area contributed by atoms with Crippen LogP contribution in [-0.2, 0) is 33.1 Å².